The molecule has 3 aromatic carbocycles. The Morgan fingerprint density at radius 1 is 0.944 bits per heavy atom. The van der Waals surface area contributed by atoms with Crippen molar-refractivity contribution in [3.05, 3.63) is 118 Å². The molecule has 0 amide bonds. The lowest BCUT2D eigenvalue weighted by atomic mass is 9.69. The maximum Gasteiger partial charge on any atom is 0.315 e. The number of ether oxygens (including phenoxy) is 1. The van der Waals surface area contributed by atoms with E-state index in [2.05, 4.69) is 12.1 Å². The summed E-state index contributed by atoms with van der Waals surface area (Å²) in [5.74, 6) is -1.50. The van der Waals surface area contributed by atoms with Crippen LogP contribution >= 0.6 is 11.6 Å². The SMILES string of the molecule is CC1=NC2=C(C(=O)C[C@@H](c3ccccc3)C2)[C@H](c2ccccc2Cl)C1C(=O)OCCc1ccccc1. The molecule has 1 heterocycles. The minimum atomic E-state index is -0.698. The van der Waals surface area contributed by atoms with Crippen LogP contribution in [0.4, 0.5) is 0 Å². The van der Waals surface area contributed by atoms with Gasteiger partial charge in [-0.1, -0.05) is 90.5 Å². The molecule has 0 saturated carbocycles. The number of nitrogens with zero attached hydrogens (tertiary/aromatic N) is 1. The molecule has 3 atom stereocenters. The Kier molecular flexibility index (Phi) is 7.15. The number of halogens is 1. The van der Waals surface area contributed by atoms with Crippen LogP contribution in [0.25, 0.3) is 0 Å². The second-order valence-electron chi connectivity index (χ2n) is 9.43. The van der Waals surface area contributed by atoms with Crippen molar-refractivity contribution >= 4 is 29.1 Å². The summed E-state index contributed by atoms with van der Waals surface area (Å²) >= 11 is 6.64. The fourth-order valence-corrected chi connectivity index (χ4v) is 5.65. The highest BCUT2D eigenvalue weighted by Crippen LogP contribution is 2.48. The number of rotatable bonds is 6. The lowest BCUT2D eigenvalue weighted by Gasteiger charge is -2.36. The first-order chi connectivity index (χ1) is 17.5. The summed E-state index contributed by atoms with van der Waals surface area (Å²) in [7, 11) is 0. The molecule has 0 bridgehead atoms. The first-order valence-electron chi connectivity index (χ1n) is 12.3. The van der Waals surface area contributed by atoms with Gasteiger partial charge in [0.15, 0.2) is 5.78 Å². The number of esters is 1. The van der Waals surface area contributed by atoms with Crippen LogP contribution in [0.3, 0.4) is 0 Å². The molecule has 1 aliphatic heterocycles. The fourth-order valence-electron chi connectivity index (χ4n) is 5.39. The van der Waals surface area contributed by atoms with Crippen LogP contribution in [0.2, 0.25) is 5.02 Å². The van der Waals surface area contributed by atoms with E-state index < -0.39 is 11.8 Å². The van der Waals surface area contributed by atoms with Gasteiger partial charge in [0.05, 0.1) is 6.61 Å². The van der Waals surface area contributed by atoms with Crippen LogP contribution in [-0.4, -0.2) is 24.1 Å². The Labute approximate surface area is 216 Å². The zero-order valence-corrected chi connectivity index (χ0v) is 20.9. The van der Waals surface area contributed by atoms with Crippen molar-refractivity contribution in [2.75, 3.05) is 6.61 Å². The molecule has 0 fully saturated rings. The van der Waals surface area contributed by atoms with Gasteiger partial charge in [0, 0.05) is 40.8 Å². The molecule has 2 aliphatic rings. The largest absolute Gasteiger partial charge is 0.465 e. The summed E-state index contributed by atoms with van der Waals surface area (Å²) in [4.78, 5) is 32.0. The number of hydrogen-bond acceptors (Lipinski definition) is 4. The summed E-state index contributed by atoms with van der Waals surface area (Å²) in [6.07, 6.45) is 1.66. The van der Waals surface area contributed by atoms with Gasteiger partial charge in [0.2, 0.25) is 0 Å². The molecule has 36 heavy (non-hydrogen) atoms. The lowest BCUT2D eigenvalue weighted by molar-refractivity contribution is -0.146. The van der Waals surface area contributed by atoms with Gasteiger partial charge >= 0.3 is 5.97 Å². The molecule has 4 nitrogen and oxygen atoms in total. The highest BCUT2D eigenvalue weighted by atomic mass is 35.5. The topological polar surface area (TPSA) is 55.7 Å². The first kappa shape index (κ1) is 24.2. The Morgan fingerprint density at radius 2 is 1.61 bits per heavy atom. The predicted octanol–water partition coefficient (Wildman–Crippen LogP) is 6.70. The van der Waals surface area contributed by atoms with Gasteiger partial charge in [-0.3, -0.25) is 14.6 Å². The third-order valence-corrected chi connectivity index (χ3v) is 7.48. The second kappa shape index (κ2) is 10.6. The number of allylic oxidation sites excluding steroid dienone is 2. The molecule has 1 unspecified atom stereocenters. The number of Topliss-reactive ketones (excluding diaryl/α,β-unsaturated/α-hetero) is 1. The quantitative estimate of drug-likeness (QED) is 0.356. The van der Waals surface area contributed by atoms with E-state index in [4.69, 9.17) is 21.3 Å². The molecule has 5 heteroatoms. The zero-order valence-electron chi connectivity index (χ0n) is 20.2. The Bertz CT molecular complexity index is 1330. The summed E-state index contributed by atoms with van der Waals surface area (Å²) in [6.45, 7) is 2.12. The van der Waals surface area contributed by atoms with Crippen molar-refractivity contribution in [1.82, 2.24) is 0 Å². The molecule has 0 radical (unpaired) electrons. The number of aliphatic imine (C=N–C) groups is 1. The van der Waals surface area contributed by atoms with Crippen molar-refractivity contribution in [1.29, 1.82) is 0 Å². The van der Waals surface area contributed by atoms with E-state index in [1.807, 2.05) is 73.7 Å². The maximum absolute atomic E-state index is 13.7. The molecule has 0 N–H and O–H groups in total. The van der Waals surface area contributed by atoms with Crippen LogP contribution in [0.15, 0.2) is 101 Å². The van der Waals surface area contributed by atoms with Crippen LogP contribution in [0.1, 0.15) is 48.3 Å². The number of carbonyl (C=O) groups excluding carboxylic acids is 2. The Balaban J connectivity index is 1.47. The number of hydrogen-bond donors (Lipinski definition) is 0. The van der Waals surface area contributed by atoms with Gasteiger partial charge < -0.3 is 4.74 Å². The minimum absolute atomic E-state index is 0.0216. The van der Waals surface area contributed by atoms with Crippen molar-refractivity contribution in [3.63, 3.8) is 0 Å². The van der Waals surface area contributed by atoms with E-state index in [1.54, 1.807) is 6.07 Å². The van der Waals surface area contributed by atoms with Crippen molar-refractivity contribution in [2.45, 2.75) is 38.0 Å². The number of ketones is 1. The fraction of sp³-hybridized carbons (Fsp3) is 0.258. The third kappa shape index (κ3) is 4.91. The average molecular weight is 498 g/mol. The molecule has 0 aromatic heterocycles. The van der Waals surface area contributed by atoms with E-state index in [9.17, 15) is 9.59 Å². The minimum Gasteiger partial charge on any atom is -0.465 e. The number of benzene rings is 3. The predicted molar refractivity (Wildman–Crippen MR) is 142 cm³/mol. The second-order valence-corrected chi connectivity index (χ2v) is 9.84. The molecule has 0 spiro atoms. The van der Waals surface area contributed by atoms with Gasteiger partial charge in [-0.15, -0.1) is 0 Å². The average Bonchev–Trinajstić information content (AvgIpc) is 2.89. The van der Waals surface area contributed by atoms with Crippen LogP contribution in [0, 0.1) is 5.92 Å². The van der Waals surface area contributed by atoms with E-state index in [0.717, 1.165) is 22.4 Å². The van der Waals surface area contributed by atoms with Gasteiger partial charge in [-0.25, -0.2) is 0 Å². The molecule has 3 aromatic rings. The third-order valence-electron chi connectivity index (χ3n) is 7.13. The summed E-state index contributed by atoms with van der Waals surface area (Å²) in [5.41, 5.74) is 5.01. The smallest absolute Gasteiger partial charge is 0.315 e. The van der Waals surface area contributed by atoms with Crippen LogP contribution < -0.4 is 0 Å². The van der Waals surface area contributed by atoms with E-state index in [1.165, 1.54) is 0 Å². The first-order valence-corrected chi connectivity index (χ1v) is 12.7. The van der Waals surface area contributed by atoms with E-state index in [0.29, 0.717) is 35.6 Å². The van der Waals surface area contributed by atoms with Crippen LogP contribution in [0.5, 0.6) is 0 Å². The highest BCUT2D eigenvalue weighted by Gasteiger charge is 2.45. The Hall–Kier alpha value is -3.50. The van der Waals surface area contributed by atoms with E-state index >= 15 is 0 Å². The lowest BCUT2D eigenvalue weighted by Crippen LogP contribution is -2.38. The van der Waals surface area contributed by atoms with Crippen LogP contribution in [-0.2, 0) is 20.7 Å². The zero-order chi connectivity index (χ0) is 25.1. The standard InChI is InChI=1S/C31H28ClNO3/c1-20-28(31(35)36-17-16-21-10-4-2-5-11-21)29(24-14-8-9-15-25(24)32)30-26(33-20)18-23(19-27(30)34)22-12-6-3-7-13-22/h2-15,23,28-29H,16-19H2,1H3/t23-,28?,29+/m0/s1. The van der Waals surface area contributed by atoms with E-state index in [-0.39, 0.29) is 24.3 Å². The van der Waals surface area contributed by atoms with Crippen molar-refractivity contribution in [2.24, 2.45) is 10.9 Å². The maximum atomic E-state index is 13.7. The van der Waals surface area contributed by atoms with Gasteiger partial charge in [0.25, 0.3) is 0 Å². The van der Waals surface area contributed by atoms with Crippen molar-refractivity contribution in [3.8, 4) is 0 Å². The van der Waals surface area contributed by atoms with Gasteiger partial charge in [-0.2, -0.15) is 0 Å². The summed E-state index contributed by atoms with van der Waals surface area (Å²) < 4.78 is 5.76. The molecular formula is C31H28ClNO3. The molecular weight excluding hydrogens is 470 g/mol. The molecule has 5 rings (SSSR count). The molecule has 182 valence electrons. The normalized spacial score (nSPS) is 21.6. The molecule has 0 saturated heterocycles. The van der Waals surface area contributed by atoms with Gasteiger partial charge in [-0.05, 0) is 42.0 Å². The Morgan fingerprint density at radius 3 is 2.33 bits per heavy atom. The summed E-state index contributed by atoms with van der Waals surface area (Å²) in [6, 6.07) is 27.4. The summed E-state index contributed by atoms with van der Waals surface area (Å²) in [5, 5.41) is 0.532. The van der Waals surface area contributed by atoms with Gasteiger partial charge in [0.1, 0.15) is 5.92 Å². The highest BCUT2D eigenvalue weighted by molar-refractivity contribution is 6.31. The molecule has 1 aliphatic carbocycles. The van der Waals surface area contributed by atoms with Crippen molar-refractivity contribution < 1.29 is 14.3 Å². The number of carbonyl (C=O) groups is 2. The monoisotopic (exact) mass is 497 g/mol.